The van der Waals surface area contributed by atoms with Crippen molar-refractivity contribution in [3.8, 4) is 11.5 Å². The standard InChI is InChI=1S/C31H31ClF3N3O5/c1-19(37-42-13-3-12-39)21-14-23(16-25(15-21)41-2)36-28(20-4-6-22(32)7-5-20)29(40)38-18-30(10-11-30)26-9-8-24(17-27(26)38)43-31(33,34)35/h4-9,14-17,28,36,39H,3,10-13,18H2,1-2H3/b37-19+. The lowest BCUT2D eigenvalue weighted by Gasteiger charge is -2.27. The molecule has 2 N–H and O–H groups in total. The highest BCUT2D eigenvalue weighted by molar-refractivity contribution is 6.30. The highest BCUT2D eigenvalue weighted by atomic mass is 35.5. The number of aliphatic hydroxyl groups is 1. The number of fused-ring (bicyclic) bond motifs is 2. The number of benzene rings is 3. The number of alkyl halides is 3. The fraction of sp³-hybridized carbons (Fsp3) is 0.355. The highest BCUT2D eigenvalue weighted by Gasteiger charge is 2.54. The Bertz CT molecular complexity index is 1510. The van der Waals surface area contributed by atoms with E-state index in [2.05, 4.69) is 15.2 Å². The molecule has 5 rings (SSSR count). The predicted molar refractivity (Wildman–Crippen MR) is 157 cm³/mol. The monoisotopic (exact) mass is 617 g/mol. The minimum Gasteiger partial charge on any atom is -0.497 e. The molecule has 1 atom stereocenters. The van der Waals surface area contributed by atoms with E-state index in [-0.39, 0.29) is 30.3 Å². The van der Waals surface area contributed by atoms with Crippen molar-refractivity contribution in [1.29, 1.82) is 0 Å². The van der Waals surface area contributed by atoms with E-state index < -0.39 is 12.4 Å². The topological polar surface area (TPSA) is 92.6 Å². The molecule has 228 valence electrons. The summed E-state index contributed by atoms with van der Waals surface area (Å²) in [7, 11) is 1.52. The Hall–Kier alpha value is -3.96. The van der Waals surface area contributed by atoms with Crippen molar-refractivity contribution in [3.63, 3.8) is 0 Å². The summed E-state index contributed by atoms with van der Waals surface area (Å²) in [5, 5.41) is 16.9. The molecule has 3 aromatic carbocycles. The van der Waals surface area contributed by atoms with Gasteiger partial charge in [-0.05, 0) is 61.2 Å². The molecule has 0 saturated heterocycles. The summed E-state index contributed by atoms with van der Waals surface area (Å²) in [6.45, 7) is 2.35. The molecule has 12 heteroatoms. The van der Waals surface area contributed by atoms with E-state index in [1.807, 2.05) is 0 Å². The Morgan fingerprint density at radius 2 is 1.86 bits per heavy atom. The Morgan fingerprint density at radius 1 is 1.12 bits per heavy atom. The number of carbonyl (C=O) groups excluding carboxylic acids is 1. The second kappa shape index (κ2) is 12.3. The van der Waals surface area contributed by atoms with Crippen LogP contribution in [0.5, 0.6) is 11.5 Å². The Kier molecular flexibility index (Phi) is 8.75. The van der Waals surface area contributed by atoms with Crippen molar-refractivity contribution in [2.45, 2.75) is 44.0 Å². The maximum absolute atomic E-state index is 14.4. The van der Waals surface area contributed by atoms with Crippen LogP contribution in [-0.2, 0) is 15.0 Å². The zero-order valence-corrected chi connectivity index (χ0v) is 24.3. The van der Waals surface area contributed by atoms with Gasteiger partial charge in [-0.1, -0.05) is 35.0 Å². The van der Waals surface area contributed by atoms with E-state index in [1.54, 1.807) is 60.4 Å². The van der Waals surface area contributed by atoms with Gasteiger partial charge in [0, 0.05) is 53.4 Å². The van der Waals surface area contributed by atoms with Crippen LogP contribution in [0.25, 0.3) is 0 Å². The number of rotatable bonds is 11. The number of anilines is 2. The summed E-state index contributed by atoms with van der Waals surface area (Å²) < 4.78 is 48.8. The van der Waals surface area contributed by atoms with E-state index in [0.29, 0.717) is 52.0 Å². The number of aliphatic hydroxyl groups excluding tert-OH is 1. The fourth-order valence-corrected chi connectivity index (χ4v) is 5.35. The lowest BCUT2D eigenvalue weighted by molar-refractivity contribution is -0.274. The van der Waals surface area contributed by atoms with Gasteiger partial charge >= 0.3 is 6.36 Å². The summed E-state index contributed by atoms with van der Waals surface area (Å²) >= 11 is 6.15. The molecule has 1 fully saturated rings. The number of nitrogens with one attached hydrogen (secondary N) is 1. The van der Waals surface area contributed by atoms with Crippen LogP contribution in [0.15, 0.2) is 65.8 Å². The van der Waals surface area contributed by atoms with Crippen molar-refractivity contribution in [2.24, 2.45) is 5.16 Å². The SMILES string of the molecule is COc1cc(NC(C(=O)N2CC3(CC3)c3ccc(OC(F)(F)F)cc32)c2ccc(Cl)cc2)cc(/C(C)=N/OCCCO)c1. The molecule has 43 heavy (non-hydrogen) atoms. The van der Waals surface area contributed by atoms with Gasteiger partial charge in [0.25, 0.3) is 5.91 Å². The molecule has 1 heterocycles. The van der Waals surface area contributed by atoms with Gasteiger partial charge in [-0.3, -0.25) is 4.79 Å². The van der Waals surface area contributed by atoms with E-state index >= 15 is 0 Å². The first-order valence-electron chi connectivity index (χ1n) is 13.7. The molecule has 1 aliphatic carbocycles. The lowest BCUT2D eigenvalue weighted by Crippen LogP contribution is -2.38. The van der Waals surface area contributed by atoms with E-state index in [9.17, 15) is 18.0 Å². The average molecular weight is 618 g/mol. The third-order valence-electron chi connectivity index (χ3n) is 7.56. The molecule has 1 aliphatic heterocycles. The zero-order valence-electron chi connectivity index (χ0n) is 23.6. The van der Waals surface area contributed by atoms with E-state index in [1.165, 1.54) is 19.2 Å². The molecule has 0 radical (unpaired) electrons. The third-order valence-corrected chi connectivity index (χ3v) is 7.81. The van der Waals surface area contributed by atoms with Crippen LogP contribution < -0.4 is 19.7 Å². The molecule has 2 aliphatic rings. The van der Waals surface area contributed by atoms with Crippen LogP contribution in [-0.4, -0.2) is 50.0 Å². The van der Waals surface area contributed by atoms with Gasteiger partial charge in [-0.25, -0.2) is 0 Å². The summed E-state index contributed by atoms with van der Waals surface area (Å²) in [6, 6.07) is 15.4. The van der Waals surface area contributed by atoms with Crippen LogP contribution in [0.3, 0.4) is 0 Å². The van der Waals surface area contributed by atoms with Gasteiger partial charge in [0.1, 0.15) is 24.1 Å². The number of carbonyl (C=O) groups is 1. The van der Waals surface area contributed by atoms with Gasteiger partial charge in [0.15, 0.2) is 0 Å². The number of hydrogen-bond donors (Lipinski definition) is 2. The Balaban J connectivity index is 1.50. The molecule has 1 saturated carbocycles. The van der Waals surface area contributed by atoms with Gasteiger partial charge in [-0.2, -0.15) is 0 Å². The number of oxime groups is 1. The second-order valence-corrected chi connectivity index (χ2v) is 11.0. The second-order valence-electron chi connectivity index (χ2n) is 10.6. The lowest BCUT2D eigenvalue weighted by atomic mass is 9.99. The summed E-state index contributed by atoms with van der Waals surface area (Å²) in [5.74, 6) is -0.227. The molecular weight excluding hydrogens is 587 g/mol. The number of ether oxygens (including phenoxy) is 2. The van der Waals surface area contributed by atoms with E-state index in [0.717, 1.165) is 18.4 Å². The highest BCUT2D eigenvalue weighted by Crippen LogP contribution is 2.57. The normalized spacial score (nSPS) is 16.1. The quantitative estimate of drug-likeness (QED) is 0.143. The minimum atomic E-state index is -4.86. The molecule has 1 spiro atoms. The third kappa shape index (κ3) is 7.00. The molecule has 1 amide bonds. The zero-order chi connectivity index (χ0) is 30.8. The van der Waals surface area contributed by atoms with Crippen molar-refractivity contribution in [1.82, 2.24) is 0 Å². The summed E-state index contributed by atoms with van der Waals surface area (Å²) in [5.41, 5.74) is 3.33. The van der Waals surface area contributed by atoms with Crippen molar-refractivity contribution in [3.05, 3.63) is 82.4 Å². The number of methoxy groups -OCH3 is 1. The average Bonchev–Trinajstić information content (AvgIpc) is 3.69. The number of hydrogen-bond acceptors (Lipinski definition) is 7. The first-order valence-corrected chi connectivity index (χ1v) is 14.1. The molecule has 3 aromatic rings. The fourth-order valence-electron chi connectivity index (χ4n) is 5.23. The van der Waals surface area contributed by atoms with Crippen molar-refractivity contribution >= 4 is 34.6 Å². The Labute approximate surface area is 252 Å². The molecule has 0 aromatic heterocycles. The predicted octanol–water partition coefficient (Wildman–Crippen LogP) is 6.60. The maximum atomic E-state index is 14.4. The Morgan fingerprint density at radius 3 is 2.51 bits per heavy atom. The van der Waals surface area contributed by atoms with Crippen LogP contribution in [0.4, 0.5) is 24.5 Å². The number of halogens is 4. The maximum Gasteiger partial charge on any atom is 0.573 e. The van der Waals surface area contributed by atoms with Crippen LogP contribution in [0.1, 0.15) is 48.9 Å². The van der Waals surface area contributed by atoms with E-state index in [4.69, 9.17) is 26.3 Å². The van der Waals surface area contributed by atoms with Gasteiger partial charge in [-0.15, -0.1) is 13.2 Å². The number of nitrogens with zero attached hydrogens (tertiary/aromatic N) is 2. The van der Waals surface area contributed by atoms with Gasteiger partial charge in [0.05, 0.1) is 18.5 Å². The molecule has 8 nitrogen and oxygen atoms in total. The number of amides is 1. The van der Waals surface area contributed by atoms with Gasteiger partial charge in [0.2, 0.25) is 0 Å². The van der Waals surface area contributed by atoms with Crippen LogP contribution in [0.2, 0.25) is 5.02 Å². The molecule has 0 bridgehead atoms. The largest absolute Gasteiger partial charge is 0.573 e. The first-order chi connectivity index (χ1) is 20.5. The summed E-state index contributed by atoms with van der Waals surface area (Å²) in [4.78, 5) is 21.2. The van der Waals surface area contributed by atoms with Crippen molar-refractivity contribution in [2.75, 3.05) is 37.1 Å². The summed E-state index contributed by atoms with van der Waals surface area (Å²) in [6.07, 6.45) is -2.75. The molecular formula is C31H31ClF3N3O5. The molecule has 1 unspecified atom stereocenters. The smallest absolute Gasteiger partial charge is 0.497 e. The van der Waals surface area contributed by atoms with Crippen LogP contribution in [0, 0.1) is 0 Å². The van der Waals surface area contributed by atoms with Crippen molar-refractivity contribution < 1.29 is 37.4 Å². The minimum absolute atomic E-state index is 0.0127. The first kappa shape index (κ1) is 30.5. The van der Waals surface area contributed by atoms with Crippen LogP contribution >= 0.6 is 11.6 Å². The van der Waals surface area contributed by atoms with Gasteiger partial charge < -0.3 is 29.6 Å².